The highest BCUT2D eigenvalue weighted by atomic mass is 19.1. The lowest BCUT2D eigenvalue weighted by atomic mass is 9.82. The van der Waals surface area contributed by atoms with Crippen molar-refractivity contribution in [3.8, 4) is 11.1 Å². The molecule has 0 fully saturated rings. The van der Waals surface area contributed by atoms with E-state index in [4.69, 9.17) is 67.7 Å². The molecule has 2 aromatic carbocycles. The van der Waals surface area contributed by atoms with Gasteiger partial charge in [-0.3, -0.25) is 47.9 Å². The Morgan fingerprint density at radius 3 is 1.48 bits per heavy atom. The number of aliphatic carboxylic acids is 1. The van der Waals surface area contributed by atoms with E-state index in [1.807, 2.05) is 18.2 Å². The van der Waals surface area contributed by atoms with Crippen molar-refractivity contribution in [2.24, 2.45) is 11.1 Å². The second-order valence-corrected chi connectivity index (χ2v) is 25.3. The van der Waals surface area contributed by atoms with Crippen LogP contribution in [0.15, 0.2) is 60.8 Å². The van der Waals surface area contributed by atoms with Crippen molar-refractivity contribution in [2.75, 3.05) is 192 Å². The van der Waals surface area contributed by atoms with Gasteiger partial charge in [0.2, 0.25) is 53.2 Å². The third-order valence-electron chi connectivity index (χ3n) is 15.5. The molecule has 1 aromatic heterocycles. The summed E-state index contributed by atoms with van der Waals surface area (Å²) < 4.78 is 97.0. The zero-order valence-corrected chi connectivity index (χ0v) is 62.8. The number of primary amides is 1. The maximum atomic E-state index is 15.5. The molecule has 0 aliphatic rings. The minimum absolute atomic E-state index is 0.0155. The topological polar surface area (TPSA) is 440 Å². The highest BCUT2D eigenvalue weighted by Gasteiger charge is 2.39. The number of carboxylic acids is 1. The van der Waals surface area contributed by atoms with E-state index in [9.17, 15) is 57.4 Å². The molecular weight excluding hydrogens is 1430 g/mol. The molecule has 0 saturated heterocycles. The van der Waals surface area contributed by atoms with E-state index in [0.717, 1.165) is 23.8 Å². The minimum Gasteiger partial charge on any atom is -0.481 e. The van der Waals surface area contributed by atoms with E-state index >= 15 is 4.39 Å². The molecular formula is C72H112F2N10O24. The number of carbonyl (C=O) groups is 10. The Morgan fingerprint density at radius 1 is 0.528 bits per heavy atom. The summed E-state index contributed by atoms with van der Waals surface area (Å²) >= 11 is 0. The summed E-state index contributed by atoms with van der Waals surface area (Å²) in [5.74, 6) is -10.4. The van der Waals surface area contributed by atoms with E-state index < -0.39 is 145 Å². The van der Waals surface area contributed by atoms with E-state index in [1.54, 1.807) is 56.8 Å². The zero-order chi connectivity index (χ0) is 79.3. The second-order valence-electron chi connectivity index (χ2n) is 25.3. The van der Waals surface area contributed by atoms with Crippen LogP contribution in [0, 0.1) is 17.0 Å². The molecule has 36 heteroatoms. The first-order valence-electron chi connectivity index (χ1n) is 35.8. The average Bonchev–Trinajstić information content (AvgIpc) is 1.60. The molecule has 0 radical (unpaired) electrons. The van der Waals surface area contributed by atoms with Crippen LogP contribution in [0.1, 0.15) is 84.0 Å². The fourth-order valence-electron chi connectivity index (χ4n) is 10.1. The van der Waals surface area contributed by atoms with Gasteiger partial charge in [0.15, 0.2) is 0 Å². The number of hydrogen-bond acceptors (Lipinski definition) is 23. The third kappa shape index (κ3) is 41.9. The lowest BCUT2D eigenvalue weighted by molar-refractivity contribution is -0.140. The van der Waals surface area contributed by atoms with Crippen molar-refractivity contribution in [3.63, 3.8) is 0 Å². The van der Waals surface area contributed by atoms with Gasteiger partial charge in [0, 0.05) is 69.1 Å². The summed E-state index contributed by atoms with van der Waals surface area (Å²) in [6.45, 7) is 14.7. The Balaban J connectivity index is 1.46. The largest absolute Gasteiger partial charge is 0.481 e. The Morgan fingerprint density at radius 2 is 1.00 bits per heavy atom. The predicted octanol–water partition coefficient (Wildman–Crippen LogP) is 0.0667. The molecule has 0 spiro atoms. The first kappa shape index (κ1) is 94.0. The van der Waals surface area contributed by atoms with E-state index in [-0.39, 0.29) is 70.0 Å². The first-order valence-corrected chi connectivity index (χ1v) is 35.8. The number of nitrogens with one attached hydrogen (secondary N) is 7. The van der Waals surface area contributed by atoms with Gasteiger partial charge in [0.25, 0.3) is 0 Å². The number of aromatic nitrogens is 1. The molecule has 0 unspecified atom stereocenters. The van der Waals surface area contributed by atoms with Gasteiger partial charge in [-0.1, -0.05) is 51.1 Å². The number of carbonyl (C=O) groups excluding carboxylic acids is 9. The number of nitrogens with zero attached hydrogens (tertiary/aromatic N) is 2. The molecule has 9 amide bonds. The molecule has 11 N–H and O–H groups in total. The molecule has 3 rings (SSSR count). The van der Waals surface area contributed by atoms with Crippen LogP contribution in [0.2, 0.25) is 0 Å². The lowest BCUT2D eigenvalue weighted by Gasteiger charge is -2.41. The SMILES string of the molecule is COCCOCCOCCOCCOCCOCCOCCOCCOCCOCCOCCOCCC(=O)N[C@@H](C)C(=O)N[C@H](C)C(=O)N[C@@H](CC(N)=O)C(=O)N[C@@H](CCN(C(=O)CO)[C@@H](c1cc(-c2cc(F)ccc2F)cn1Cc1ccccc1)C(C)(C)C)C(=O)NCCNC(=O)CNC(=O)CCC(=O)O. The smallest absolute Gasteiger partial charge is 0.303 e. The quantitative estimate of drug-likeness (QED) is 0.0334. The Hall–Kier alpha value is -8.24. The highest BCUT2D eigenvalue weighted by Crippen LogP contribution is 2.41. The number of methoxy groups -OCH3 is 1. The molecule has 0 aliphatic carbocycles. The van der Waals surface area contributed by atoms with Crippen LogP contribution < -0.4 is 43.0 Å². The second kappa shape index (κ2) is 56.1. The number of carboxylic acid groups (broad SMARTS) is 1. The van der Waals surface area contributed by atoms with Crippen LogP contribution in [-0.2, 0) is 111 Å². The Labute approximate surface area is 628 Å². The summed E-state index contributed by atoms with van der Waals surface area (Å²) in [4.78, 5) is 132. The third-order valence-corrected chi connectivity index (χ3v) is 15.5. The number of halogens is 2. The number of nitrogens with two attached hydrogens (primary N) is 1. The molecule has 34 nitrogen and oxygen atoms in total. The van der Waals surface area contributed by atoms with E-state index in [1.165, 1.54) is 18.7 Å². The van der Waals surface area contributed by atoms with Gasteiger partial charge in [-0.15, -0.1) is 0 Å². The standard InChI is InChI=1S/C72H112F2N10O24/c1-51(79-63(88)17-21-98-24-25-100-28-29-102-32-33-104-36-37-106-40-41-108-43-42-107-39-38-105-35-34-103-31-30-101-27-26-99-23-22-97-6)68(93)80-52(2)69(94)82-59(46-61(75)86)71(96)81-58(70(95)77-19-18-76-64(89)47-78-62(87)14-15-66(91)92)16-20-84(65(90)50-85)67(72(3,4)5)60-44-54(56-45-55(73)12-13-57(56)74)49-83(60)48-53-10-8-7-9-11-53/h7-13,44-45,49,51-52,58-59,67,85H,14-43,46-48,50H2,1-6H3,(H2,75,86)(H,76,89)(H,77,95)(H,78,87)(H,79,88)(H,80,93)(H,81,96)(H,82,94)(H,91,92)/t51-,52+,58-,59-,67-/m0/s1. The van der Waals surface area contributed by atoms with Gasteiger partial charge in [-0.25, -0.2) is 8.78 Å². The average molecular weight is 1540 g/mol. The van der Waals surface area contributed by atoms with Gasteiger partial charge in [-0.05, 0) is 55.5 Å². The number of benzene rings is 2. The maximum Gasteiger partial charge on any atom is 0.303 e. The fourth-order valence-corrected chi connectivity index (χ4v) is 10.1. The Bertz CT molecular complexity index is 3130. The molecule has 3 aromatic rings. The van der Waals surface area contributed by atoms with E-state index in [0.29, 0.717) is 131 Å². The van der Waals surface area contributed by atoms with Crippen molar-refractivity contribution in [2.45, 2.75) is 103 Å². The van der Waals surface area contributed by atoms with Gasteiger partial charge in [0.05, 0.1) is 177 Å². The number of rotatable bonds is 63. The summed E-state index contributed by atoms with van der Waals surface area (Å²) in [5, 5.41) is 36.5. The predicted molar refractivity (Wildman–Crippen MR) is 385 cm³/mol. The summed E-state index contributed by atoms with van der Waals surface area (Å²) in [7, 11) is 1.62. The number of amides is 9. The van der Waals surface area contributed by atoms with Crippen molar-refractivity contribution < 1.29 is 124 Å². The van der Waals surface area contributed by atoms with Gasteiger partial charge >= 0.3 is 5.97 Å². The fraction of sp³-hybridized carbons (Fsp3) is 0.639. The normalized spacial score (nSPS) is 12.8. The maximum absolute atomic E-state index is 15.5. The number of hydrogen-bond donors (Lipinski definition) is 10. The van der Waals surface area contributed by atoms with Crippen molar-refractivity contribution in [1.82, 2.24) is 46.7 Å². The van der Waals surface area contributed by atoms with Crippen molar-refractivity contribution >= 4 is 59.1 Å². The monoisotopic (exact) mass is 1540 g/mol. The molecule has 1 heterocycles. The van der Waals surface area contributed by atoms with Crippen LogP contribution in [0.5, 0.6) is 0 Å². The van der Waals surface area contributed by atoms with E-state index in [2.05, 4.69) is 37.2 Å². The first-order chi connectivity index (χ1) is 51.8. The molecule has 0 saturated carbocycles. The number of aliphatic hydroxyl groups is 1. The molecule has 5 atom stereocenters. The Kier molecular flexibility index (Phi) is 48.8. The van der Waals surface area contributed by atoms with Crippen LogP contribution in [-0.4, -0.2) is 295 Å². The van der Waals surface area contributed by atoms with Gasteiger partial charge < -0.3 is 119 Å². The summed E-state index contributed by atoms with van der Waals surface area (Å²) in [5.41, 5.74) is 5.99. The van der Waals surface area contributed by atoms with Crippen LogP contribution >= 0.6 is 0 Å². The molecule has 0 aliphatic heterocycles. The highest BCUT2D eigenvalue weighted by molar-refractivity contribution is 5.97. The van der Waals surface area contributed by atoms with Crippen molar-refractivity contribution in [1.29, 1.82) is 0 Å². The van der Waals surface area contributed by atoms with Gasteiger partial charge in [-0.2, -0.15) is 0 Å². The summed E-state index contributed by atoms with van der Waals surface area (Å²) in [6, 6.07) is 6.66. The zero-order valence-electron chi connectivity index (χ0n) is 62.8. The van der Waals surface area contributed by atoms with Crippen LogP contribution in [0.3, 0.4) is 0 Å². The van der Waals surface area contributed by atoms with Crippen LogP contribution in [0.25, 0.3) is 11.1 Å². The van der Waals surface area contributed by atoms with Crippen LogP contribution in [0.4, 0.5) is 8.78 Å². The molecule has 608 valence electrons. The lowest BCUT2D eigenvalue weighted by Crippen LogP contribution is -2.58. The van der Waals surface area contributed by atoms with Gasteiger partial charge in [0.1, 0.15) is 42.4 Å². The summed E-state index contributed by atoms with van der Waals surface area (Å²) in [6.07, 6.45) is -0.644. The van der Waals surface area contributed by atoms with Crippen molar-refractivity contribution in [3.05, 3.63) is 83.7 Å². The number of aliphatic hydroxyl groups excluding tert-OH is 1. The molecule has 0 bridgehead atoms. The number of ether oxygens (including phenoxy) is 12. The molecule has 108 heavy (non-hydrogen) atoms. The minimum atomic E-state index is -1.79.